The third-order valence-corrected chi connectivity index (χ3v) is 3.19. The van der Waals surface area contributed by atoms with Crippen molar-refractivity contribution in [1.29, 1.82) is 0 Å². The van der Waals surface area contributed by atoms with Gasteiger partial charge in [0.15, 0.2) is 0 Å². The van der Waals surface area contributed by atoms with E-state index in [1.807, 2.05) is 0 Å². The molecule has 16 heavy (non-hydrogen) atoms. The monoisotopic (exact) mass is 223 g/mol. The molecule has 2 nitrogen and oxygen atoms in total. The Kier molecular flexibility index (Phi) is 6.52. The first kappa shape index (κ1) is 13.5. The van der Waals surface area contributed by atoms with E-state index in [9.17, 15) is 0 Å². The second kappa shape index (κ2) is 7.70. The molecule has 0 saturated carbocycles. The summed E-state index contributed by atoms with van der Waals surface area (Å²) in [4.78, 5) is 0. The van der Waals surface area contributed by atoms with Gasteiger partial charge in [-0.1, -0.05) is 32.6 Å². The molecule has 0 amide bonds. The minimum Gasteiger partial charge on any atom is -0.378 e. The van der Waals surface area contributed by atoms with Gasteiger partial charge in [-0.15, -0.1) is 6.42 Å². The molecule has 0 spiro atoms. The lowest BCUT2D eigenvalue weighted by Gasteiger charge is -2.31. The van der Waals surface area contributed by atoms with Crippen LogP contribution in [0.25, 0.3) is 0 Å². The van der Waals surface area contributed by atoms with Crippen molar-refractivity contribution in [3.05, 3.63) is 0 Å². The van der Waals surface area contributed by atoms with E-state index in [1.54, 1.807) is 0 Å². The third kappa shape index (κ3) is 4.55. The SMILES string of the molecule is C#CC(CCC)NC1CCOC(CCC)C1. The van der Waals surface area contributed by atoms with Crippen molar-refractivity contribution in [3.63, 3.8) is 0 Å². The standard InChI is InChI=1S/C14H25NO/c1-4-7-12(6-3)15-13-9-10-16-14(11-13)8-5-2/h3,12-15H,4-5,7-11H2,1-2H3. The van der Waals surface area contributed by atoms with Crippen LogP contribution in [-0.4, -0.2) is 24.8 Å². The van der Waals surface area contributed by atoms with E-state index in [0.29, 0.717) is 12.1 Å². The largest absolute Gasteiger partial charge is 0.378 e. The van der Waals surface area contributed by atoms with Gasteiger partial charge in [0, 0.05) is 12.6 Å². The van der Waals surface area contributed by atoms with Gasteiger partial charge in [-0.25, -0.2) is 0 Å². The summed E-state index contributed by atoms with van der Waals surface area (Å²) < 4.78 is 5.73. The number of hydrogen-bond donors (Lipinski definition) is 1. The fourth-order valence-corrected chi connectivity index (χ4v) is 2.34. The molecule has 3 atom stereocenters. The third-order valence-electron chi connectivity index (χ3n) is 3.19. The zero-order valence-electron chi connectivity index (χ0n) is 10.7. The van der Waals surface area contributed by atoms with Gasteiger partial charge in [0.2, 0.25) is 0 Å². The van der Waals surface area contributed by atoms with E-state index in [2.05, 4.69) is 25.1 Å². The van der Waals surface area contributed by atoms with Crippen LogP contribution in [-0.2, 0) is 4.74 Å². The van der Waals surface area contributed by atoms with Crippen molar-refractivity contribution in [2.75, 3.05) is 6.61 Å². The molecule has 0 aromatic rings. The summed E-state index contributed by atoms with van der Waals surface area (Å²) in [5, 5.41) is 3.58. The summed E-state index contributed by atoms with van der Waals surface area (Å²) in [5.41, 5.74) is 0. The van der Waals surface area contributed by atoms with Crippen LogP contribution in [0.4, 0.5) is 0 Å². The van der Waals surface area contributed by atoms with Crippen molar-refractivity contribution in [2.24, 2.45) is 0 Å². The van der Waals surface area contributed by atoms with Gasteiger partial charge in [0.25, 0.3) is 0 Å². The van der Waals surface area contributed by atoms with Crippen LogP contribution in [0.15, 0.2) is 0 Å². The number of rotatable bonds is 6. The lowest BCUT2D eigenvalue weighted by Crippen LogP contribution is -2.43. The van der Waals surface area contributed by atoms with E-state index in [-0.39, 0.29) is 6.04 Å². The summed E-state index contributed by atoms with van der Waals surface area (Å²) in [5.74, 6) is 2.85. The predicted octanol–water partition coefficient (Wildman–Crippen LogP) is 2.73. The molecular weight excluding hydrogens is 198 g/mol. The van der Waals surface area contributed by atoms with Crippen molar-refractivity contribution in [1.82, 2.24) is 5.32 Å². The Morgan fingerprint density at radius 1 is 1.44 bits per heavy atom. The Morgan fingerprint density at radius 2 is 2.25 bits per heavy atom. The summed E-state index contributed by atoms with van der Waals surface area (Å²) in [6.45, 7) is 5.27. The molecule has 1 aliphatic heterocycles. The minimum absolute atomic E-state index is 0.246. The molecule has 0 bridgehead atoms. The molecule has 1 N–H and O–H groups in total. The zero-order chi connectivity index (χ0) is 11.8. The Hall–Kier alpha value is -0.520. The van der Waals surface area contributed by atoms with E-state index in [0.717, 1.165) is 32.3 Å². The maximum absolute atomic E-state index is 5.73. The highest BCUT2D eigenvalue weighted by molar-refractivity contribution is 5.00. The maximum Gasteiger partial charge on any atom is 0.0689 e. The van der Waals surface area contributed by atoms with Crippen LogP contribution < -0.4 is 5.32 Å². The lowest BCUT2D eigenvalue weighted by molar-refractivity contribution is -0.00415. The van der Waals surface area contributed by atoms with Gasteiger partial charge in [-0.05, 0) is 25.7 Å². The van der Waals surface area contributed by atoms with Crippen molar-refractivity contribution >= 4 is 0 Å². The lowest BCUT2D eigenvalue weighted by atomic mass is 9.99. The predicted molar refractivity (Wildman–Crippen MR) is 68.3 cm³/mol. The Balaban J connectivity index is 2.33. The van der Waals surface area contributed by atoms with Crippen molar-refractivity contribution < 1.29 is 4.74 Å². The van der Waals surface area contributed by atoms with Gasteiger partial charge in [-0.3, -0.25) is 0 Å². The summed E-state index contributed by atoms with van der Waals surface area (Å²) in [7, 11) is 0. The normalized spacial score (nSPS) is 27.3. The number of ether oxygens (including phenoxy) is 1. The van der Waals surface area contributed by atoms with Crippen LogP contribution in [0.3, 0.4) is 0 Å². The highest BCUT2D eigenvalue weighted by atomic mass is 16.5. The summed E-state index contributed by atoms with van der Waals surface area (Å²) >= 11 is 0. The second-order valence-corrected chi connectivity index (χ2v) is 4.68. The van der Waals surface area contributed by atoms with E-state index in [1.165, 1.54) is 12.8 Å². The van der Waals surface area contributed by atoms with Crippen LogP contribution in [0, 0.1) is 12.3 Å². The van der Waals surface area contributed by atoms with E-state index >= 15 is 0 Å². The molecule has 3 unspecified atom stereocenters. The smallest absolute Gasteiger partial charge is 0.0689 e. The molecule has 1 heterocycles. The first-order valence-corrected chi connectivity index (χ1v) is 6.63. The average molecular weight is 223 g/mol. The molecule has 0 aromatic carbocycles. The molecule has 0 aromatic heterocycles. The van der Waals surface area contributed by atoms with Gasteiger partial charge in [0.1, 0.15) is 0 Å². The highest BCUT2D eigenvalue weighted by Gasteiger charge is 2.23. The first-order valence-electron chi connectivity index (χ1n) is 6.63. The molecule has 1 rings (SSSR count). The topological polar surface area (TPSA) is 21.3 Å². The summed E-state index contributed by atoms with van der Waals surface area (Å²) in [6, 6.07) is 0.799. The minimum atomic E-state index is 0.246. The van der Waals surface area contributed by atoms with Crippen LogP contribution in [0.5, 0.6) is 0 Å². The first-order chi connectivity index (χ1) is 7.80. The Bertz CT molecular complexity index is 219. The van der Waals surface area contributed by atoms with Gasteiger partial charge in [-0.2, -0.15) is 0 Å². The molecule has 2 heteroatoms. The second-order valence-electron chi connectivity index (χ2n) is 4.68. The molecular formula is C14H25NO. The molecule has 1 fully saturated rings. The van der Waals surface area contributed by atoms with Gasteiger partial charge in [0.05, 0.1) is 12.1 Å². The van der Waals surface area contributed by atoms with Crippen molar-refractivity contribution in [3.8, 4) is 12.3 Å². The Labute approximate surface area is 100 Å². The molecule has 0 aliphatic carbocycles. The van der Waals surface area contributed by atoms with Crippen LogP contribution in [0.1, 0.15) is 52.4 Å². The number of terminal acetylenes is 1. The van der Waals surface area contributed by atoms with E-state index in [4.69, 9.17) is 11.2 Å². The highest BCUT2D eigenvalue weighted by Crippen LogP contribution is 2.18. The zero-order valence-corrected chi connectivity index (χ0v) is 10.7. The average Bonchev–Trinajstić information content (AvgIpc) is 2.29. The quantitative estimate of drug-likeness (QED) is 0.699. The number of nitrogens with one attached hydrogen (secondary N) is 1. The summed E-state index contributed by atoms with van der Waals surface area (Å²) in [6.07, 6.45) is 12.8. The maximum atomic E-state index is 5.73. The Morgan fingerprint density at radius 3 is 2.88 bits per heavy atom. The van der Waals surface area contributed by atoms with E-state index < -0.39 is 0 Å². The van der Waals surface area contributed by atoms with Crippen LogP contribution in [0.2, 0.25) is 0 Å². The fraction of sp³-hybridized carbons (Fsp3) is 0.857. The van der Waals surface area contributed by atoms with Crippen molar-refractivity contribution in [2.45, 2.75) is 70.6 Å². The molecule has 92 valence electrons. The number of hydrogen-bond acceptors (Lipinski definition) is 2. The van der Waals surface area contributed by atoms with Gasteiger partial charge >= 0.3 is 0 Å². The molecule has 0 radical (unpaired) electrons. The molecule has 1 saturated heterocycles. The fourth-order valence-electron chi connectivity index (χ4n) is 2.34. The van der Waals surface area contributed by atoms with Crippen LogP contribution >= 0.6 is 0 Å². The molecule has 1 aliphatic rings. The van der Waals surface area contributed by atoms with Gasteiger partial charge < -0.3 is 10.1 Å².